The predicted octanol–water partition coefficient (Wildman–Crippen LogP) is 5.12. The van der Waals surface area contributed by atoms with Crippen molar-refractivity contribution in [3.05, 3.63) is 68.9 Å². The number of carbonyl (C=O) groups excluding carboxylic acids is 1. The average molecular weight is 371 g/mol. The van der Waals surface area contributed by atoms with Crippen LogP contribution in [0.15, 0.2) is 46.9 Å². The zero-order valence-electron chi connectivity index (χ0n) is 11.4. The standard InChI is InChI=1S/C16H14BrClFNO/c1-2-14(10-5-3-6-11(18)9-10)20-16(21)12-7-4-8-13(19)15(12)17/h3-9,14H,2H2,1H3,(H,20,21). The van der Waals surface area contributed by atoms with Gasteiger partial charge in [0.15, 0.2) is 0 Å². The van der Waals surface area contributed by atoms with Crippen molar-refractivity contribution in [3.63, 3.8) is 0 Å². The van der Waals surface area contributed by atoms with Crippen LogP contribution in [0, 0.1) is 5.82 Å². The van der Waals surface area contributed by atoms with Crippen LogP contribution in [0.25, 0.3) is 0 Å². The molecule has 110 valence electrons. The number of hydrogen-bond acceptors (Lipinski definition) is 1. The molecule has 0 aliphatic rings. The highest BCUT2D eigenvalue weighted by atomic mass is 79.9. The summed E-state index contributed by atoms with van der Waals surface area (Å²) in [5.74, 6) is -0.786. The number of nitrogens with one attached hydrogen (secondary N) is 1. The summed E-state index contributed by atoms with van der Waals surface area (Å²) < 4.78 is 13.7. The maximum atomic E-state index is 13.5. The molecule has 1 amide bonds. The van der Waals surface area contributed by atoms with Crippen molar-refractivity contribution in [1.29, 1.82) is 0 Å². The second-order valence-corrected chi connectivity index (χ2v) is 5.82. The third-order valence-electron chi connectivity index (χ3n) is 3.16. The normalized spacial score (nSPS) is 12.0. The Bertz CT molecular complexity index is 662. The van der Waals surface area contributed by atoms with Crippen LogP contribution in [0.2, 0.25) is 5.02 Å². The number of rotatable bonds is 4. The van der Waals surface area contributed by atoms with Crippen molar-refractivity contribution < 1.29 is 9.18 Å². The summed E-state index contributed by atoms with van der Waals surface area (Å²) >= 11 is 9.08. The minimum Gasteiger partial charge on any atom is -0.345 e. The van der Waals surface area contributed by atoms with Crippen LogP contribution in [-0.2, 0) is 0 Å². The number of hydrogen-bond donors (Lipinski definition) is 1. The summed E-state index contributed by atoms with van der Waals surface area (Å²) in [5.41, 5.74) is 1.20. The second kappa shape index (κ2) is 7.05. The fourth-order valence-electron chi connectivity index (χ4n) is 2.06. The summed E-state index contributed by atoms with van der Waals surface area (Å²) in [5, 5.41) is 3.52. The molecule has 0 spiro atoms. The molecule has 2 aromatic rings. The summed E-state index contributed by atoms with van der Waals surface area (Å²) in [6, 6.07) is 11.6. The lowest BCUT2D eigenvalue weighted by Crippen LogP contribution is -2.28. The first-order valence-electron chi connectivity index (χ1n) is 6.53. The first-order valence-corrected chi connectivity index (χ1v) is 7.70. The van der Waals surface area contributed by atoms with E-state index < -0.39 is 5.82 Å². The van der Waals surface area contributed by atoms with Crippen molar-refractivity contribution in [2.45, 2.75) is 19.4 Å². The second-order valence-electron chi connectivity index (χ2n) is 4.59. The maximum absolute atomic E-state index is 13.5. The highest BCUT2D eigenvalue weighted by Crippen LogP contribution is 2.24. The lowest BCUT2D eigenvalue weighted by atomic mass is 10.0. The van der Waals surface area contributed by atoms with E-state index in [9.17, 15) is 9.18 Å². The summed E-state index contributed by atoms with van der Waals surface area (Å²) in [6.07, 6.45) is 0.707. The molecule has 0 saturated heterocycles. The van der Waals surface area contributed by atoms with Crippen LogP contribution < -0.4 is 5.32 Å². The largest absolute Gasteiger partial charge is 0.345 e. The Morgan fingerprint density at radius 1 is 1.33 bits per heavy atom. The van der Waals surface area contributed by atoms with E-state index in [1.165, 1.54) is 12.1 Å². The molecule has 0 saturated carbocycles. The first-order chi connectivity index (χ1) is 10.0. The molecule has 21 heavy (non-hydrogen) atoms. The van der Waals surface area contributed by atoms with Crippen LogP contribution in [0.5, 0.6) is 0 Å². The number of benzene rings is 2. The van der Waals surface area contributed by atoms with Gasteiger partial charge in [-0.2, -0.15) is 0 Å². The van der Waals surface area contributed by atoms with Gasteiger partial charge >= 0.3 is 0 Å². The smallest absolute Gasteiger partial charge is 0.253 e. The Morgan fingerprint density at radius 2 is 2.05 bits per heavy atom. The molecule has 5 heteroatoms. The lowest BCUT2D eigenvalue weighted by Gasteiger charge is -2.18. The molecule has 1 atom stereocenters. The molecule has 0 aliphatic carbocycles. The van der Waals surface area contributed by atoms with E-state index >= 15 is 0 Å². The summed E-state index contributed by atoms with van der Waals surface area (Å²) in [4.78, 5) is 12.3. The average Bonchev–Trinajstić information content (AvgIpc) is 2.47. The van der Waals surface area contributed by atoms with E-state index in [-0.39, 0.29) is 22.0 Å². The molecule has 0 heterocycles. The minimum absolute atomic E-state index is 0.170. The molecule has 2 nitrogen and oxygen atoms in total. The molecule has 0 radical (unpaired) electrons. The van der Waals surface area contributed by atoms with E-state index in [2.05, 4.69) is 21.2 Å². The maximum Gasteiger partial charge on any atom is 0.253 e. The highest BCUT2D eigenvalue weighted by Gasteiger charge is 2.17. The van der Waals surface area contributed by atoms with E-state index in [0.29, 0.717) is 11.4 Å². The Morgan fingerprint density at radius 3 is 2.71 bits per heavy atom. The number of carbonyl (C=O) groups is 1. The van der Waals surface area contributed by atoms with E-state index in [1.54, 1.807) is 12.1 Å². The summed E-state index contributed by atoms with van der Waals surface area (Å²) in [6.45, 7) is 1.96. The lowest BCUT2D eigenvalue weighted by molar-refractivity contribution is 0.0934. The molecule has 0 aliphatic heterocycles. The molecule has 1 unspecified atom stereocenters. The molecular weight excluding hydrogens is 357 g/mol. The quantitative estimate of drug-likeness (QED) is 0.795. The van der Waals surface area contributed by atoms with Gasteiger partial charge in [0.05, 0.1) is 16.1 Å². The van der Waals surface area contributed by atoms with Gasteiger partial charge in [0.1, 0.15) is 5.82 Å². The van der Waals surface area contributed by atoms with Gasteiger partial charge < -0.3 is 5.32 Å². The minimum atomic E-state index is -0.460. The molecule has 2 rings (SSSR count). The van der Waals surface area contributed by atoms with Gasteiger partial charge in [-0.1, -0.05) is 36.7 Å². The van der Waals surface area contributed by atoms with Gasteiger partial charge in [0.25, 0.3) is 5.91 Å². The highest BCUT2D eigenvalue weighted by molar-refractivity contribution is 9.10. The molecule has 0 fully saturated rings. The fourth-order valence-corrected chi connectivity index (χ4v) is 2.70. The topological polar surface area (TPSA) is 29.1 Å². The third-order valence-corrected chi connectivity index (χ3v) is 4.20. The first kappa shape index (κ1) is 16.0. The van der Waals surface area contributed by atoms with E-state index in [4.69, 9.17) is 11.6 Å². The van der Waals surface area contributed by atoms with Gasteiger partial charge in [-0.3, -0.25) is 4.79 Å². The van der Waals surface area contributed by atoms with Gasteiger partial charge in [0.2, 0.25) is 0 Å². The monoisotopic (exact) mass is 369 g/mol. The summed E-state index contributed by atoms with van der Waals surface area (Å²) in [7, 11) is 0. The van der Waals surface area contributed by atoms with Crippen molar-refractivity contribution in [3.8, 4) is 0 Å². The van der Waals surface area contributed by atoms with E-state index in [1.807, 2.05) is 25.1 Å². The molecule has 0 bridgehead atoms. The molecular formula is C16H14BrClFNO. The van der Waals surface area contributed by atoms with E-state index in [0.717, 1.165) is 5.56 Å². The predicted molar refractivity (Wildman–Crippen MR) is 86.1 cm³/mol. The van der Waals surface area contributed by atoms with Gasteiger partial charge in [-0.15, -0.1) is 0 Å². The van der Waals surface area contributed by atoms with Crippen LogP contribution in [0.4, 0.5) is 4.39 Å². The third kappa shape index (κ3) is 3.83. The Kier molecular flexibility index (Phi) is 5.37. The van der Waals surface area contributed by atoms with Gasteiger partial charge in [-0.25, -0.2) is 4.39 Å². The van der Waals surface area contributed by atoms with Gasteiger partial charge in [0, 0.05) is 5.02 Å². The van der Waals surface area contributed by atoms with Crippen LogP contribution in [0.1, 0.15) is 35.3 Å². The zero-order valence-corrected chi connectivity index (χ0v) is 13.7. The van der Waals surface area contributed by atoms with Crippen molar-refractivity contribution in [2.75, 3.05) is 0 Å². The Balaban J connectivity index is 2.22. The van der Waals surface area contributed by atoms with Gasteiger partial charge in [-0.05, 0) is 52.2 Å². The fraction of sp³-hybridized carbons (Fsp3) is 0.188. The molecule has 1 N–H and O–H groups in total. The molecule has 0 aromatic heterocycles. The van der Waals surface area contributed by atoms with Crippen LogP contribution in [-0.4, -0.2) is 5.91 Å². The van der Waals surface area contributed by atoms with Crippen LogP contribution >= 0.6 is 27.5 Å². The SMILES string of the molecule is CCC(NC(=O)c1cccc(F)c1Br)c1cccc(Cl)c1. The Hall–Kier alpha value is -1.39. The number of halogens is 3. The Labute approximate surface area is 136 Å². The van der Waals surface area contributed by atoms with Crippen LogP contribution in [0.3, 0.4) is 0 Å². The zero-order chi connectivity index (χ0) is 15.4. The van der Waals surface area contributed by atoms with Crippen molar-refractivity contribution >= 4 is 33.4 Å². The number of amides is 1. The molecule has 2 aromatic carbocycles. The van der Waals surface area contributed by atoms with Crippen molar-refractivity contribution in [2.24, 2.45) is 0 Å². The van der Waals surface area contributed by atoms with Crippen molar-refractivity contribution in [1.82, 2.24) is 5.32 Å².